The fourth-order valence-electron chi connectivity index (χ4n) is 5.93. The van der Waals surface area contributed by atoms with Crippen molar-refractivity contribution in [3.63, 3.8) is 0 Å². The first-order valence-electron chi connectivity index (χ1n) is 16.9. The molecule has 0 fully saturated rings. The van der Waals surface area contributed by atoms with Crippen molar-refractivity contribution >= 4 is 33.0 Å². The molecule has 0 atom stereocenters. The number of benzene rings is 2. The zero-order valence-electron chi connectivity index (χ0n) is 25.6. The Labute approximate surface area is 242 Å². The molecule has 0 aliphatic carbocycles. The minimum Gasteiger partial charge on any atom is -0.441 e. The highest BCUT2D eigenvalue weighted by molar-refractivity contribution is 6.00. The van der Waals surface area contributed by atoms with E-state index >= 15 is 0 Å². The molecule has 0 aliphatic heterocycles. The minimum absolute atomic E-state index is 0.866. The molecule has 0 N–H and O–H groups in total. The van der Waals surface area contributed by atoms with Crippen LogP contribution < -0.4 is 0 Å². The van der Waals surface area contributed by atoms with Gasteiger partial charge in [-0.1, -0.05) is 129 Å². The molecule has 0 radical (unpaired) electrons. The number of nitrogens with zero attached hydrogens (tertiary/aromatic N) is 2. The third-order valence-corrected chi connectivity index (χ3v) is 8.43. The average molecular weight is 547 g/mol. The second-order valence-corrected chi connectivity index (χ2v) is 12.1. The lowest BCUT2D eigenvalue weighted by Gasteiger charge is -2.01. The van der Waals surface area contributed by atoms with Gasteiger partial charge >= 0.3 is 0 Å². The van der Waals surface area contributed by atoms with Crippen molar-refractivity contribution < 1.29 is 8.83 Å². The Kier molecular flexibility index (Phi) is 13.3. The molecule has 0 aliphatic rings. The number of aryl methyl sites for hydroxylation is 2. The van der Waals surface area contributed by atoms with Crippen LogP contribution >= 0.6 is 0 Å². The predicted octanol–water partition coefficient (Wildman–Crippen LogP) is 12.0. The molecule has 4 nitrogen and oxygen atoms in total. The van der Waals surface area contributed by atoms with Crippen molar-refractivity contribution in [1.29, 1.82) is 0 Å². The molecule has 0 unspecified atom stereocenters. The second-order valence-electron chi connectivity index (χ2n) is 12.1. The van der Waals surface area contributed by atoms with E-state index in [0.717, 1.165) is 70.4 Å². The number of unbranched alkanes of at least 4 members (excludes halogenated alkanes) is 18. The molecule has 4 aromatic rings. The van der Waals surface area contributed by atoms with Crippen LogP contribution in [0.5, 0.6) is 0 Å². The number of oxazole rings is 2. The van der Waals surface area contributed by atoms with Crippen molar-refractivity contribution in [3.8, 4) is 0 Å². The zero-order valence-corrected chi connectivity index (χ0v) is 25.6. The summed E-state index contributed by atoms with van der Waals surface area (Å²) < 4.78 is 12.3. The molecule has 0 amide bonds. The fourth-order valence-corrected chi connectivity index (χ4v) is 5.93. The Morgan fingerprint density at radius 2 is 0.750 bits per heavy atom. The highest BCUT2D eigenvalue weighted by Gasteiger charge is 2.11. The fraction of sp³-hybridized carbons (Fsp3) is 0.667. The highest BCUT2D eigenvalue weighted by atomic mass is 16.4. The van der Waals surface area contributed by atoms with E-state index in [-0.39, 0.29) is 0 Å². The third-order valence-electron chi connectivity index (χ3n) is 8.43. The van der Waals surface area contributed by atoms with E-state index in [0.29, 0.717) is 0 Å². The second kappa shape index (κ2) is 17.5. The molecule has 2 aromatic carbocycles. The SMILES string of the molecule is CCCCCCCCCCCCc1nc2cc3cc4oc(CCCCCCCCCCCC)nc4cc3cc2o1. The van der Waals surface area contributed by atoms with Gasteiger partial charge in [-0.05, 0) is 47.9 Å². The lowest BCUT2D eigenvalue weighted by molar-refractivity contribution is 0.501. The van der Waals surface area contributed by atoms with Gasteiger partial charge in [0.1, 0.15) is 11.0 Å². The average Bonchev–Trinajstić information content (AvgIpc) is 3.54. The largest absolute Gasteiger partial charge is 0.441 e. The van der Waals surface area contributed by atoms with Crippen molar-refractivity contribution in [3.05, 3.63) is 36.0 Å². The normalized spacial score (nSPS) is 11.9. The van der Waals surface area contributed by atoms with Gasteiger partial charge in [-0.3, -0.25) is 0 Å². The van der Waals surface area contributed by atoms with E-state index in [4.69, 9.17) is 18.8 Å². The molecule has 220 valence electrons. The summed E-state index contributed by atoms with van der Waals surface area (Å²) in [5.41, 5.74) is 3.64. The number of aromatic nitrogens is 2. The first-order chi connectivity index (χ1) is 19.8. The summed E-state index contributed by atoms with van der Waals surface area (Å²) in [7, 11) is 0. The Morgan fingerprint density at radius 3 is 1.10 bits per heavy atom. The Balaban J connectivity index is 1.19. The van der Waals surface area contributed by atoms with Crippen LogP contribution in [0, 0.1) is 0 Å². The molecule has 0 saturated heterocycles. The van der Waals surface area contributed by atoms with E-state index in [9.17, 15) is 0 Å². The Hall–Kier alpha value is -2.36. The van der Waals surface area contributed by atoms with Crippen LogP contribution in [-0.4, -0.2) is 9.97 Å². The molecule has 2 aromatic heterocycles. The summed E-state index contributed by atoms with van der Waals surface area (Å²) in [5, 5.41) is 2.28. The summed E-state index contributed by atoms with van der Waals surface area (Å²) in [6.07, 6.45) is 28.7. The van der Waals surface area contributed by atoms with Gasteiger partial charge in [-0.15, -0.1) is 0 Å². The molecular weight excluding hydrogens is 492 g/mol. The third kappa shape index (κ3) is 9.93. The molecule has 4 heteroatoms. The summed E-state index contributed by atoms with van der Waals surface area (Å²) in [6, 6.07) is 8.52. The quantitative estimate of drug-likeness (QED) is 0.0920. The van der Waals surface area contributed by atoms with Crippen LogP contribution in [0.3, 0.4) is 0 Å². The maximum atomic E-state index is 6.14. The highest BCUT2D eigenvalue weighted by Crippen LogP contribution is 2.29. The van der Waals surface area contributed by atoms with E-state index in [1.165, 1.54) is 116 Å². The van der Waals surface area contributed by atoms with Gasteiger partial charge in [0.05, 0.1) is 0 Å². The van der Waals surface area contributed by atoms with E-state index in [1.807, 2.05) is 0 Å². The topological polar surface area (TPSA) is 52.1 Å². The van der Waals surface area contributed by atoms with E-state index in [2.05, 4.69) is 38.1 Å². The summed E-state index contributed by atoms with van der Waals surface area (Å²) in [5.74, 6) is 1.73. The van der Waals surface area contributed by atoms with Crippen LogP contribution in [0.25, 0.3) is 33.0 Å². The van der Waals surface area contributed by atoms with Gasteiger partial charge in [0.25, 0.3) is 0 Å². The van der Waals surface area contributed by atoms with Crippen molar-refractivity contribution in [2.75, 3.05) is 0 Å². The molecule has 0 saturated carbocycles. The minimum atomic E-state index is 0.866. The van der Waals surface area contributed by atoms with Crippen LogP contribution in [0.1, 0.15) is 154 Å². The predicted molar refractivity (Wildman–Crippen MR) is 170 cm³/mol. The Morgan fingerprint density at radius 1 is 0.425 bits per heavy atom. The van der Waals surface area contributed by atoms with Crippen LogP contribution in [0.15, 0.2) is 33.1 Å². The van der Waals surface area contributed by atoms with Gasteiger partial charge in [0, 0.05) is 12.8 Å². The van der Waals surface area contributed by atoms with Crippen molar-refractivity contribution in [2.45, 2.75) is 155 Å². The maximum absolute atomic E-state index is 6.14. The number of hydrogen-bond donors (Lipinski definition) is 0. The molecule has 40 heavy (non-hydrogen) atoms. The monoisotopic (exact) mass is 546 g/mol. The molecule has 0 bridgehead atoms. The maximum Gasteiger partial charge on any atom is 0.195 e. The van der Waals surface area contributed by atoms with E-state index in [1.54, 1.807) is 0 Å². The van der Waals surface area contributed by atoms with Crippen molar-refractivity contribution in [2.24, 2.45) is 0 Å². The van der Waals surface area contributed by atoms with Crippen LogP contribution in [0.4, 0.5) is 0 Å². The van der Waals surface area contributed by atoms with Crippen molar-refractivity contribution in [1.82, 2.24) is 9.97 Å². The lowest BCUT2D eigenvalue weighted by atomic mass is 10.1. The van der Waals surface area contributed by atoms with Crippen LogP contribution in [0.2, 0.25) is 0 Å². The Bertz CT molecular complexity index is 1090. The molecule has 4 rings (SSSR count). The standard InChI is InChI=1S/C36H54N2O2/c1-3-5-7-9-11-13-15-17-19-21-23-35-37-31-25-29-28-34-32(26-30(29)27-33(31)39-35)38-36(40-34)24-22-20-18-16-14-12-10-8-6-4-2/h25-28H,3-24H2,1-2H3. The number of hydrogen-bond acceptors (Lipinski definition) is 4. The first-order valence-corrected chi connectivity index (χ1v) is 16.9. The van der Waals surface area contributed by atoms with E-state index < -0.39 is 0 Å². The summed E-state index contributed by atoms with van der Waals surface area (Å²) >= 11 is 0. The van der Waals surface area contributed by atoms with Gasteiger partial charge in [-0.2, -0.15) is 0 Å². The van der Waals surface area contributed by atoms with Gasteiger partial charge in [0.2, 0.25) is 0 Å². The first kappa shape index (κ1) is 30.6. The lowest BCUT2D eigenvalue weighted by Crippen LogP contribution is -1.86. The summed E-state index contributed by atoms with van der Waals surface area (Å²) in [4.78, 5) is 9.60. The molecule has 0 spiro atoms. The summed E-state index contributed by atoms with van der Waals surface area (Å²) in [6.45, 7) is 4.56. The van der Waals surface area contributed by atoms with Gasteiger partial charge in [0.15, 0.2) is 22.9 Å². The molecule has 2 heterocycles. The smallest absolute Gasteiger partial charge is 0.195 e. The van der Waals surface area contributed by atoms with Gasteiger partial charge in [-0.25, -0.2) is 9.97 Å². The number of rotatable bonds is 22. The molecular formula is C36H54N2O2. The van der Waals surface area contributed by atoms with Gasteiger partial charge < -0.3 is 8.83 Å². The zero-order chi connectivity index (χ0) is 27.8. The van der Waals surface area contributed by atoms with Crippen LogP contribution in [-0.2, 0) is 12.8 Å². The number of fused-ring (bicyclic) bond motifs is 3.